The lowest BCUT2D eigenvalue weighted by Crippen LogP contribution is -2.48. The van der Waals surface area contributed by atoms with Crippen LogP contribution in [0, 0.1) is 0 Å². The van der Waals surface area contributed by atoms with Crippen LogP contribution >= 0.6 is 23.2 Å². The first-order chi connectivity index (χ1) is 13.0. The summed E-state index contributed by atoms with van der Waals surface area (Å²) in [5, 5.41) is 3.86. The van der Waals surface area contributed by atoms with Gasteiger partial charge in [0.2, 0.25) is 5.91 Å². The fourth-order valence-corrected chi connectivity index (χ4v) is 3.46. The Morgan fingerprint density at radius 1 is 1.07 bits per heavy atom. The molecule has 0 aliphatic carbocycles. The van der Waals surface area contributed by atoms with Gasteiger partial charge in [-0.1, -0.05) is 35.3 Å². The van der Waals surface area contributed by atoms with Crippen molar-refractivity contribution in [3.05, 3.63) is 58.1 Å². The molecule has 0 aromatic heterocycles. The zero-order valence-electron chi connectivity index (χ0n) is 15.3. The van der Waals surface area contributed by atoms with Gasteiger partial charge in [-0.05, 0) is 35.9 Å². The molecule has 27 heavy (non-hydrogen) atoms. The van der Waals surface area contributed by atoms with Crippen molar-refractivity contribution in [2.45, 2.75) is 6.54 Å². The molecule has 2 aromatic rings. The number of hydrogen-bond donors (Lipinski definition) is 1. The standard InChI is InChI=1S/C20H23Cl2N3O2/c1-27-17-4-2-3-15(11-17)13-24-7-9-25(10-8-24)14-20(26)23-19-12-16(21)5-6-18(19)22/h2-6,11-12H,7-10,13-14H2,1H3,(H,23,26). The highest BCUT2D eigenvalue weighted by Gasteiger charge is 2.19. The molecule has 1 N–H and O–H groups in total. The molecule has 1 aliphatic heterocycles. The molecule has 7 heteroatoms. The molecule has 0 spiro atoms. The lowest BCUT2D eigenvalue weighted by molar-refractivity contribution is -0.117. The molecule has 2 aromatic carbocycles. The van der Waals surface area contributed by atoms with E-state index in [1.165, 1.54) is 5.56 Å². The van der Waals surface area contributed by atoms with E-state index in [0.29, 0.717) is 22.3 Å². The first-order valence-corrected chi connectivity index (χ1v) is 9.61. The summed E-state index contributed by atoms with van der Waals surface area (Å²) < 4.78 is 5.28. The van der Waals surface area contributed by atoms with Crippen LogP contribution in [0.3, 0.4) is 0 Å². The molecule has 0 bridgehead atoms. The molecule has 1 aliphatic rings. The molecule has 1 heterocycles. The predicted octanol–water partition coefficient (Wildman–Crippen LogP) is 3.76. The Kier molecular flexibility index (Phi) is 6.96. The fraction of sp³-hybridized carbons (Fsp3) is 0.350. The third kappa shape index (κ3) is 5.84. The van der Waals surface area contributed by atoms with Gasteiger partial charge in [-0.2, -0.15) is 0 Å². The van der Waals surface area contributed by atoms with E-state index in [1.54, 1.807) is 25.3 Å². The summed E-state index contributed by atoms with van der Waals surface area (Å²) in [6, 6.07) is 13.2. The van der Waals surface area contributed by atoms with Gasteiger partial charge < -0.3 is 10.1 Å². The number of rotatable bonds is 6. The number of benzene rings is 2. The van der Waals surface area contributed by atoms with Crippen LogP contribution in [0.5, 0.6) is 5.75 Å². The molecule has 0 unspecified atom stereocenters. The summed E-state index contributed by atoms with van der Waals surface area (Å²) in [5.41, 5.74) is 1.78. The minimum absolute atomic E-state index is 0.0830. The van der Waals surface area contributed by atoms with Crippen molar-refractivity contribution in [1.29, 1.82) is 0 Å². The van der Waals surface area contributed by atoms with Crippen molar-refractivity contribution < 1.29 is 9.53 Å². The smallest absolute Gasteiger partial charge is 0.238 e. The maximum atomic E-state index is 12.3. The van der Waals surface area contributed by atoms with Gasteiger partial charge in [0, 0.05) is 37.7 Å². The van der Waals surface area contributed by atoms with Gasteiger partial charge in [-0.3, -0.25) is 14.6 Å². The summed E-state index contributed by atoms with van der Waals surface area (Å²) in [5.74, 6) is 0.794. The zero-order chi connectivity index (χ0) is 19.2. The number of nitrogens with one attached hydrogen (secondary N) is 1. The monoisotopic (exact) mass is 407 g/mol. The van der Waals surface area contributed by atoms with Gasteiger partial charge in [0.15, 0.2) is 0 Å². The normalized spacial score (nSPS) is 15.5. The van der Waals surface area contributed by atoms with Crippen molar-refractivity contribution in [1.82, 2.24) is 9.80 Å². The molecule has 1 saturated heterocycles. The number of methoxy groups -OCH3 is 1. The van der Waals surface area contributed by atoms with Gasteiger partial charge in [0.25, 0.3) is 0 Å². The molecule has 5 nitrogen and oxygen atoms in total. The van der Waals surface area contributed by atoms with Crippen LogP contribution in [0.25, 0.3) is 0 Å². The van der Waals surface area contributed by atoms with Gasteiger partial charge in [0.1, 0.15) is 5.75 Å². The van der Waals surface area contributed by atoms with Crippen LogP contribution in [-0.2, 0) is 11.3 Å². The molecule has 0 saturated carbocycles. The Morgan fingerprint density at radius 2 is 1.81 bits per heavy atom. The zero-order valence-corrected chi connectivity index (χ0v) is 16.8. The van der Waals surface area contributed by atoms with Crippen molar-refractivity contribution in [3.63, 3.8) is 0 Å². The summed E-state index contributed by atoms with van der Waals surface area (Å²) >= 11 is 12.1. The molecular formula is C20H23Cl2N3O2. The second kappa shape index (κ2) is 9.42. The van der Waals surface area contributed by atoms with Crippen molar-refractivity contribution >= 4 is 34.8 Å². The second-order valence-electron chi connectivity index (χ2n) is 6.58. The number of nitrogens with zero attached hydrogens (tertiary/aromatic N) is 2. The van der Waals surface area contributed by atoms with E-state index in [9.17, 15) is 4.79 Å². The maximum absolute atomic E-state index is 12.3. The Balaban J connectivity index is 1.46. The minimum atomic E-state index is -0.0830. The quantitative estimate of drug-likeness (QED) is 0.791. The lowest BCUT2D eigenvalue weighted by atomic mass is 10.2. The van der Waals surface area contributed by atoms with Crippen LogP contribution in [0.1, 0.15) is 5.56 Å². The average Bonchev–Trinajstić information content (AvgIpc) is 2.66. The lowest BCUT2D eigenvalue weighted by Gasteiger charge is -2.34. The van der Waals surface area contributed by atoms with E-state index in [4.69, 9.17) is 27.9 Å². The maximum Gasteiger partial charge on any atom is 0.238 e. The first kappa shape index (κ1) is 20.0. The minimum Gasteiger partial charge on any atom is -0.497 e. The molecule has 144 valence electrons. The Hall–Kier alpha value is -1.79. The number of anilines is 1. The predicted molar refractivity (Wildman–Crippen MR) is 110 cm³/mol. The molecular weight excluding hydrogens is 385 g/mol. The van der Waals surface area contributed by atoms with Crippen LogP contribution in [0.2, 0.25) is 10.0 Å². The van der Waals surface area contributed by atoms with Crippen molar-refractivity contribution in [3.8, 4) is 5.75 Å². The highest BCUT2D eigenvalue weighted by molar-refractivity contribution is 6.35. The number of carbonyl (C=O) groups excluding carboxylic acids is 1. The number of halogens is 2. The van der Waals surface area contributed by atoms with Crippen LogP contribution in [0.4, 0.5) is 5.69 Å². The number of ether oxygens (including phenoxy) is 1. The van der Waals surface area contributed by atoms with E-state index in [0.717, 1.165) is 38.5 Å². The van der Waals surface area contributed by atoms with E-state index >= 15 is 0 Å². The van der Waals surface area contributed by atoms with Gasteiger partial charge in [-0.25, -0.2) is 0 Å². The van der Waals surface area contributed by atoms with Crippen molar-refractivity contribution in [2.24, 2.45) is 0 Å². The van der Waals surface area contributed by atoms with Crippen molar-refractivity contribution in [2.75, 3.05) is 45.2 Å². The van der Waals surface area contributed by atoms with Crippen LogP contribution in [-0.4, -0.2) is 55.5 Å². The number of amides is 1. The van der Waals surface area contributed by atoms with Crippen LogP contribution < -0.4 is 10.1 Å². The van der Waals surface area contributed by atoms with E-state index in [-0.39, 0.29) is 5.91 Å². The average molecular weight is 408 g/mol. The van der Waals surface area contributed by atoms with E-state index in [2.05, 4.69) is 27.2 Å². The molecule has 1 fully saturated rings. The summed E-state index contributed by atoms with van der Waals surface area (Å²) in [6.45, 7) is 4.76. The largest absolute Gasteiger partial charge is 0.497 e. The Labute approximate surface area is 169 Å². The van der Waals surface area contributed by atoms with E-state index in [1.807, 2.05) is 12.1 Å². The molecule has 0 radical (unpaired) electrons. The van der Waals surface area contributed by atoms with E-state index < -0.39 is 0 Å². The van der Waals surface area contributed by atoms with Gasteiger partial charge in [-0.15, -0.1) is 0 Å². The number of carbonyl (C=O) groups is 1. The molecule has 0 atom stereocenters. The van der Waals surface area contributed by atoms with Crippen LogP contribution in [0.15, 0.2) is 42.5 Å². The Bertz CT molecular complexity index is 793. The SMILES string of the molecule is COc1cccc(CN2CCN(CC(=O)Nc3cc(Cl)ccc3Cl)CC2)c1. The third-order valence-corrected chi connectivity index (χ3v) is 5.14. The Morgan fingerprint density at radius 3 is 2.56 bits per heavy atom. The summed E-state index contributed by atoms with van der Waals surface area (Å²) in [7, 11) is 1.68. The number of hydrogen-bond acceptors (Lipinski definition) is 4. The molecule has 3 rings (SSSR count). The molecule has 1 amide bonds. The fourth-order valence-electron chi connectivity index (χ4n) is 3.12. The second-order valence-corrected chi connectivity index (χ2v) is 7.42. The highest BCUT2D eigenvalue weighted by Crippen LogP contribution is 2.25. The van der Waals surface area contributed by atoms with Gasteiger partial charge in [0.05, 0.1) is 24.4 Å². The highest BCUT2D eigenvalue weighted by atomic mass is 35.5. The number of piperazine rings is 1. The first-order valence-electron chi connectivity index (χ1n) is 8.86. The topological polar surface area (TPSA) is 44.8 Å². The summed E-state index contributed by atoms with van der Waals surface area (Å²) in [6.07, 6.45) is 0. The third-order valence-electron chi connectivity index (χ3n) is 4.57. The summed E-state index contributed by atoms with van der Waals surface area (Å²) in [4.78, 5) is 16.8. The van der Waals surface area contributed by atoms with Gasteiger partial charge >= 0.3 is 0 Å².